The fraction of sp³-hybridized carbons (Fsp3) is 0.481. The standard InChI is InChI=1S/C27H32Cl2N4O3S/c28-21-16-22(29)25(37(30,35)36)15-20(21)27-31-23-13-7-8-14-24(23)32(27)17-26(34)33(18-9-3-1-4-10-18)19-11-5-2-6-12-19/h7-8,13-16,18-19H,1-6,9-12,17H2,(H2,30,35,36). The van der Waals surface area contributed by atoms with Gasteiger partial charge in [0.25, 0.3) is 0 Å². The highest BCUT2D eigenvalue weighted by Crippen LogP contribution is 2.36. The van der Waals surface area contributed by atoms with Crippen LogP contribution in [0.4, 0.5) is 0 Å². The average molecular weight is 564 g/mol. The second kappa shape index (κ2) is 10.9. The summed E-state index contributed by atoms with van der Waals surface area (Å²) in [6.07, 6.45) is 11.2. The van der Waals surface area contributed by atoms with Crippen molar-refractivity contribution in [3.8, 4) is 11.4 Å². The van der Waals surface area contributed by atoms with E-state index >= 15 is 0 Å². The molecule has 37 heavy (non-hydrogen) atoms. The van der Waals surface area contributed by atoms with E-state index in [1.807, 2.05) is 28.8 Å². The molecule has 1 aromatic heterocycles. The largest absolute Gasteiger partial charge is 0.335 e. The van der Waals surface area contributed by atoms with Crippen LogP contribution in [-0.4, -0.2) is 40.9 Å². The number of imidazole rings is 1. The Balaban J connectivity index is 1.59. The maximum Gasteiger partial charge on any atom is 0.243 e. The first kappa shape index (κ1) is 26.5. The van der Waals surface area contributed by atoms with Crippen molar-refractivity contribution < 1.29 is 13.2 Å². The maximum absolute atomic E-state index is 14.1. The number of para-hydroxylation sites is 2. The van der Waals surface area contributed by atoms with E-state index in [0.29, 0.717) is 16.9 Å². The molecule has 0 spiro atoms. The topological polar surface area (TPSA) is 98.3 Å². The molecule has 198 valence electrons. The predicted molar refractivity (Wildman–Crippen MR) is 147 cm³/mol. The minimum Gasteiger partial charge on any atom is -0.335 e. The number of aromatic nitrogens is 2. The second-order valence-corrected chi connectivity index (χ2v) is 12.5. The van der Waals surface area contributed by atoms with Gasteiger partial charge in [0.05, 0.1) is 21.1 Å². The summed E-state index contributed by atoms with van der Waals surface area (Å²) in [6.45, 7) is 0.0898. The number of primary sulfonamides is 1. The molecule has 2 aromatic carbocycles. The molecule has 0 atom stereocenters. The van der Waals surface area contributed by atoms with Gasteiger partial charge in [0, 0.05) is 17.6 Å². The van der Waals surface area contributed by atoms with Gasteiger partial charge in [-0.15, -0.1) is 0 Å². The lowest BCUT2D eigenvalue weighted by Gasteiger charge is -2.42. The third-order valence-corrected chi connectivity index (χ3v) is 9.43. The van der Waals surface area contributed by atoms with Gasteiger partial charge in [0.1, 0.15) is 17.3 Å². The van der Waals surface area contributed by atoms with Crippen LogP contribution in [0.3, 0.4) is 0 Å². The van der Waals surface area contributed by atoms with Crippen LogP contribution >= 0.6 is 23.2 Å². The van der Waals surface area contributed by atoms with Crippen molar-refractivity contribution >= 4 is 50.2 Å². The van der Waals surface area contributed by atoms with E-state index < -0.39 is 10.0 Å². The molecule has 2 N–H and O–H groups in total. The van der Waals surface area contributed by atoms with Crippen LogP contribution in [0.2, 0.25) is 10.0 Å². The Morgan fingerprint density at radius 3 is 2.14 bits per heavy atom. The molecule has 0 aliphatic heterocycles. The third-order valence-electron chi connectivity index (χ3n) is 7.74. The molecule has 10 heteroatoms. The monoisotopic (exact) mass is 562 g/mol. The van der Waals surface area contributed by atoms with Crippen LogP contribution < -0.4 is 5.14 Å². The molecule has 0 radical (unpaired) electrons. The van der Waals surface area contributed by atoms with Gasteiger partial charge < -0.3 is 9.47 Å². The number of nitrogens with zero attached hydrogens (tertiary/aromatic N) is 3. The molecule has 2 saturated carbocycles. The number of rotatable bonds is 6. The molecule has 2 aliphatic rings. The van der Waals surface area contributed by atoms with Crippen molar-refractivity contribution in [1.82, 2.24) is 14.5 Å². The second-order valence-electron chi connectivity index (χ2n) is 10.2. The van der Waals surface area contributed by atoms with E-state index in [-0.39, 0.29) is 39.5 Å². The van der Waals surface area contributed by atoms with E-state index in [0.717, 1.165) is 56.9 Å². The predicted octanol–water partition coefficient (Wildman–Crippen LogP) is 6.15. The molecule has 7 nitrogen and oxygen atoms in total. The van der Waals surface area contributed by atoms with Gasteiger partial charge in [-0.25, -0.2) is 18.5 Å². The summed E-state index contributed by atoms with van der Waals surface area (Å²) in [5, 5.41) is 5.58. The summed E-state index contributed by atoms with van der Waals surface area (Å²) in [5.41, 5.74) is 1.83. The Kier molecular flexibility index (Phi) is 7.82. The van der Waals surface area contributed by atoms with Gasteiger partial charge in [-0.05, 0) is 49.9 Å². The van der Waals surface area contributed by atoms with Crippen molar-refractivity contribution in [2.24, 2.45) is 5.14 Å². The van der Waals surface area contributed by atoms with Crippen LogP contribution in [0.5, 0.6) is 0 Å². The van der Waals surface area contributed by atoms with Crippen LogP contribution in [0.25, 0.3) is 22.4 Å². The smallest absolute Gasteiger partial charge is 0.243 e. The molecule has 1 amide bonds. The Labute approximate surface area is 228 Å². The number of benzene rings is 2. The Hall–Kier alpha value is -2.13. The number of carbonyl (C=O) groups is 1. The average Bonchev–Trinajstić information content (AvgIpc) is 3.23. The number of amides is 1. The molecule has 1 heterocycles. The minimum atomic E-state index is -4.09. The van der Waals surface area contributed by atoms with E-state index in [9.17, 15) is 13.2 Å². The number of halogens is 2. The van der Waals surface area contributed by atoms with Crippen molar-refractivity contribution in [3.63, 3.8) is 0 Å². The number of sulfonamides is 1. The first-order valence-corrected chi connectivity index (χ1v) is 15.3. The summed E-state index contributed by atoms with van der Waals surface area (Å²) in [6, 6.07) is 10.8. The van der Waals surface area contributed by atoms with E-state index in [4.69, 9.17) is 33.3 Å². The van der Waals surface area contributed by atoms with Gasteiger partial charge in [0.15, 0.2) is 0 Å². The quantitative estimate of drug-likeness (QED) is 0.389. The Morgan fingerprint density at radius 1 is 0.946 bits per heavy atom. The fourth-order valence-electron chi connectivity index (χ4n) is 6.00. The van der Waals surface area contributed by atoms with Gasteiger partial charge in [-0.2, -0.15) is 0 Å². The molecule has 0 bridgehead atoms. The number of hydrogen-bond donors (Lipinski definition) is 1. The van der Waals surface area contributed by atoms with E-state index in [1.165, 1.54) is 25.0 Å². The Morgan fingerprint density at radius 2 is 1.54 bits per heavy atom. The molecule has 2 aliphatic carbocycles. The number of hydrogen-bond acceptors (Lipinski definition) is 4. The normalized spacial score (nSPS) is 17.8. The van der Waals surface area contributed by atoms with Crippen molar-refractivity contribution in [1.29, 1.82) is 0 Å². The highest BCUT2D eigenvalue weighted by Gasteiger charge is 2.33. The SMILES string of the molecule is NS(=O)(=O)c1cc(-c2nc3ccccc3n2CC(=O)N(C2CCCCC2)C2CCCCC2)c(Cl)cc1Cl. The first-order valence-electron chi connectivity index (χ1n) is 13.0. The van der Waals surface area contributed by atoms with Gasteiger partial charge in [0.2, 0.25) is 15.9 Å². The summed E-state index contributed by atoms with van der Waals surface area (Å²) >= 11 is 12.7. The van der Waals surface area contributed by atoms with Crippen molar-refractivity contribution in [2.45, 2.75) is 87.7 Å². The maximum atomic E-state index is 14.1. The van der Waals surface area contributed by atoms with Crippen LogP contribution in [0.1, 0.15) is 64.2 Å². The van der Waals surface area contributed by atoms with Crippen LogP contribution in [-0.2, 0) is 21.4 Å². The number of nitrogens with two attached hydrogens (primary N) is 1. The van der Waals surface area contributed by atoms with Crippen LogP contribution in [0.15, 0.2) is 41.3 Å². The number of fused-ring (bicyclic) bond motifs is 1. The van der Waals surface area contributed by atoms with Gasteiger partial charge in [-0.3, -0.25) is 4.79 Å². The van der Waals surface area contributed by atoms with Gasteiger partial charge in [-0.1, -0.05) is 73.9 Å². The lowest BCUT2D eigenvalue weighted by Crippen LogP contribution is -2.50. The summed E-state index contributed by atoms with van der Waals surface area (Å²) in [5.74, 6) is 0.480. The zero-order valence-corrected chi connectivity index (χ0v) is 23.0. The molecule has 2 fully saturated rings. The first-order chi connectivity index (χ1) is 17.7. The number of carbonyl (C=O) groups excluding carboxylic acids is 1. The molecule has 0 unspecified atom stereocenters. The van der Waals surface area contributed by atoms with E-state index in [2.05, 4.69) is 4.90 Å². The van der Waals surface area contributed by atoms with Crippen molar-refractivity contribution in [3.05, 3.63) is 46.4 Å². The summed E-state index contributed by atoms with van der Waals surface area (Å²) < 4.78 is 26.2. The highest BCUT2D eigenvalue weighted by molar-refractivity contribution is 7.89. The van der Waals surface area contributed by atoms with Crippen LogP contribution in [0, 0.1) is 0 Å². The van der Waals surface area contributed by atoms with Gasteiger partial charge >= 0.3 is 0 Å². The lowest BCUT2D eigenvalue weighted by atomic mass is 9.88. The minimum absolute atomic E-state index is 0.0595. The zero-order valence-electron chi connectivity index (χ0n) is 20.7. The molecule has 5 rings (SSSR count). The lowest BCUT2D eigenvalue weighted by molar-refractivity contribution is -0.138. The Bertz CT molecular complexity index is 1390. The highest BCUT2D eigenvalue weighted by atomic mass is 35.5. The molecule has 0 saturated heterocycles. The van der Waals surface area contributed by atoms with Crippen molar-refractivity contribution in [2.75, 3.05) is 0 Å². The van der Waals surface area contributed by atoms with E-state index in [1.54, 1.807) is 0 Å². The summed E-state index contributed by atoms with van der Waals surface area (Å²) in [4.78, 5) is 20.8. The third kappa shape index (κ3) is 5.53. The fourth-order valence-corrected chi connectivity index (χ4v) is 7.40. The molecular weight excluding hydrogens is 531 g/mol. The summed E-state index contributed by atoms with van der Waals surface area (Å²) in [7, 11) is -4.09. The molecule has 3 aromatic rings. The molecular formula is C27H32Cl2N4O3S. The zero-order chi connectivity index (χ0) is 26.2.